The molecule has 0 aliphatic heterocycles. The zero-order chi connectivity index (χ0) is 18.9. The van der Waals surface area contributed by atoms with E-state index in [-0.39, 0.29) is 17.2 Å². The molecule has 0 aliphatic carbocycles. The predicted molar refractivity (Wildman–Crippen MR) is 106 cm³/mol. The average molecular weight is 357 g/mol. The van der Waals surface area contributed by atoms with Gasteiger partial charge in [-0.25, -0.2) is 0 Å². The summed E-state index contributed by atoms with van der Waals surface area (Å²) in [6, 6.07) is 10.7. The van der Waals surface area contributed by atoms with Crippen molar-refractivity contribution < 1.29 is 15.3 Å². The third-order valence-electron chi connectivity index (χ3n) is 4.71. The summed E-state index contributed by atoms with van der Waals surface area (Å²) in [5.41, 5.74) is 2.90. The lowest BCUT2D eigenvalue weighted by Crippen LogP contribution is -2.28. The predicted octanol–water partition coefficient (Wildman–Crippen LogP) is 4.25. The molecule has 0 saturated heterocycles. The molecule has 0 amide bonds. The highest BCUT2D eigenvalue weighted by Crippen LogP contribution is 2.33. The van der Waals surface area contributed by atoms with Crippen molar-refractivity contribution >= 4 is 0 Å². The second-order valence-electron chi connectivity index (χ2n) is 6.83. The van der Waals surface area contributed by atoms with E-state index in [1.165, 1.54) is 0 Å². The van der Waals surface area contributed by atoms with E-state index in [1.807, 2.05) is 18.2 Å². The van der Waals surface area contributed by atoms with Gasteiger partial charge in [-0.1, -0.05) is 32.0 Å². The molecule has 142 valence electrons. The van der Waals surface area contributed by atoms with Crippen LogP contribution < -0.4 is 0 Å². The number of aromatic hydroxyl groups is 3. The highest BCUT2D eigenvalue weighted by atomic mass is 16.3. The lowest BCUT2D eigenvalue weighted by molar-refractivity contribution is 0.277. The standard InChI is InChI=1S/C22H31NO3/c1-3-13-23(14-4-2)15-12-18-9-11-21(25)22(26)20(18)10-8-17-6-5-7-19(24)16-17/h5-7,9,11,16,24-26H,3-4,8,10,12-15H2,1-2H3. The van der Waals surface area contributed by atoms with Gasteiger partial charge in [0.05, 0.1) is 0 Å². The monoisotopic (exact) mass is 357 g/mol. The van der Waals surface area contributed by atoms with E-state index in [4.69, 9.17) is 0 Å². The van der Waals surface area contributed by atoms with Crippen LogP contribution >= 0.6 is 0 Å². The fourth-order valence-corrected chi connectivity index (χ4v) is 3.41. The van der Waals surface area contributed by atoms with Gasteiger partial charge >= 0.3 is 0 Å². The molecular weight excluding hydrogens is 326 g/mol. The number of rotatable bonds is 10. The minimum absolute atomic E-state index is 0.0137. The molecule has 2 aromatic rings. The van der Waals surface area contributed by atoms with Crippen molar-refractivity contribution in [2.75, 3.05) is 19.6 Å². The maximum absolute atomic E-state index is 10.4. The van der Waals surface area contributed by atoms with Gasteiger partial charge in [0.2, 0.25) is 0 Å². The van der Waals surface area contributed by atoms with Crippen LogP contribution in [0, 0.1) is 0 Å². The van der Waals surface area contributed by atoms with Crippen molar-refractivity contribution in [2.24, 2.45) is 0 Å². The van der Waals surface area contributed by atoms with Crippen LogP contribution in [0.2, 0.25) is 0 Å². The lowest BCUT2D eigenvalue weighted by atomic mass is 9.96. The molecule has 0 aliphatic rings. The van der Waals surface area contributed by atoms with Gasteiger partial charge in [-0.15, -0.1) is 0 Å². The summed E-state index contributed by atoms with van der Waals surface area (Å²) >= 11 is 0. The first-order valence-corrected chi connectivity index (χ1v) is 9.58. The average Bonchev–Trinajstić information content (AvgIpc) is 2.62. The van der Waals surface area contributed by atoms with Gasteiger partial charge in [0.25, 0.3) is 0 Å². The number of phenols is 3. The number of hydrogen-bond donors (Lipinski definition) is 3. The fraction of sp³-hybridized carbons (Fsp3) is 0.455. The molecule has 0 saturated carbocycles. The zero-order valence-corrected chi connectivity index (χ0v) is 15.9. The number of phenolic OH excluding ortho intramolecular Hbond substituents is 3. The van der Waals surface area contributed by atoms with Crippen molar-refractivity contribution in [2.45, 2.75) is 46.0 Å². The molecule has 0 fully saturated rings. The van der Waals surface area contributed by atoms with E-state index >= 15 is 0 Å². The van der Waals surface area contributed by atoms with Crippen LogP contribution in [0.25, 0.3) is 0 Å². The summed E-state index contributed by atoms with van der Waals surface area (Å²) in [6.07, 6.45) is 4.44. The Labute approximate surface area is 156 Å². The van der Waals surface area contributed by atoms with Gasteiger partial charge in [-0.3, -0.25) is 0 Å². The van der Waals surface area contributed by atoms with Crippen molar-refractivity contribution in [3.8, 4) is 17.2 Å². The third-order valence-corrected chi connectivity index (χ3v) is 4.71. The summed E-state index contributed by atoms with van der Waals surface area (Å²) in [5, 5.41) is 29.9. The minimum atomic E-state index is -0.0707. The fourth-order valence-electron chi connectivity index (χ4n) is 3.41. The van der Waals surface area contributed by atoms with Gasteiger partial charge < -0.3 is 20.2 Å². The lowest BCUT2D eigenvalue weighted by Gasteiger charge is -2.22. The molecule has 0 unspecified atom stereocenters. The highest BCUT2D eigenvalue weighted by molar-refractivity contribution is 5.49. The van der Waals surface area contributed by atoms with E-state index in [0.717, 1.165) is 55.6 Å². The number of nitrogens with zero attached hydrogens (tertiary/aromatic N) is 1. The van der Waals surface area contributed by atoms with E-state index in [1.54, 1.807) is 18.2 Å². The van der Waals surface area contributed by atoms with Gasteiger partial charge in [0, 0.05) is 12.1 Å². The Kier molecular flexibility index (Phi) is 7.79. The molecule has 3 N–H and O–H groups in total. The number of hydrogen-bond acceptors (Lipinski definition) is 4. The Hall–Kier alpha value is -2.20. The van der Waals surface area contributed by atoms with Gasteiger partial charge in [-0.05, 0) is 74.5 Å². The van der Waals surface area contributed by atoms with E-state index in [0.29, 0.717) is 12.8 Å². The number of benzene rings is 2. The molecule has 0 spiro atoms. The summed E-state index contributed by atoms with van der Waals surface area (Å²) in [4.78, 5) is 2.45. The molecule has 0 atom stereocenters. The van der Waals surface area contributed by atoms with E-state index in [9.17, 15) is 15.3 Å². The Balaban J connectivity index is 2.12. The topological polar surface area (TPSA) is 63.9 Å². The summed E-state index contributed by atoms with van der Waals surface area (Å²) in [5.74, 6) is 0.163. The van der Waals surface area contributed by atoms with Gasteiger partial charge in [0.1, 0.15) is 5.75 Å². The van der Waals surface area contributed by atoms with Gasteiger partial charge in [0.15, 0.2) is 11.5 Å². The Morgan fingerprint density at radius 3 is 2.19 bits per heavy atom. The van der Waals surface area contributed by atoms with Crippen LogP contribution in [-0.4, -0.2) is 39.9 Å². The molecule has 0 heterocycles. The first-order chi connectivity index (χ1) is 12.5. The number of aryl methyl sites for hydroxylation is 1. The van der Waals surface area contributed by atoms with Crippen molar-refractivity contribution in [1.29, 1.82) is 0 Å². The molecule has 0 radical (unpaired) electrons. The van der Waals surface area contributed by atoms with Crippen molar-refractivity contribution in [3.63, 3.8) is 0 Å². The van der Waals surface area contributed by atoms with Crippen LogP contribution in [0.3, 0.4) is 0 Å². The second-order valence-corrected chi connectivity index (χ2v) is 6.83. The van der Waals surface area contributed by atoms with Crippen LogP contribution in [-0.2, 0) is 19.3 Å². The van der Waals surface area contributed by atoms with Crippen LogP contribution in [0.15, 0.2) is 36.4 Å². The largest absolute Gasteiger partial charge is 0.508 e. The minimum Gasteiger partial charge on any atom is -0.508 e. The third kappa shape index (κ3) is 5.67. The smallest absolute Gasteiger partial charge is 0.160 e. The molecule has 4 heteroatoms. The van der Waals surface area contributed by atoms with Crippen molar-refractivity contribution in [1.82, 2.24) is 4.90 Å². The van der Waals surface area contributed by atoms with E-state index in [2.05, 4.69) is 18.7 Å². The Bertz CT molecular complexity index is 694. The molecular formula is C22H31NO3. The van der Waals surface area contributed by atoms with E-state index < -0.39 is 0 Å². The molecule has 2 aromatic carbocycles. The first-order valence-electron chi connectivity index (χ1n) is 9.58. The summed E-state index contributed by atoms with van der Waals surface area (Å²) in [7, 11) is 0. The van der Waals surface area contributed by atoms with Crippen LogP contribution in [0.5, 0.6) is 17.2 Å². The maximum atomic E-state index is 10.4. The normalized spacial score (nSPS) is 11.2. The first kappa shape index (κ1) is 20.1. The summed E-state index contributed by atoms with van der Waals surface area (Å²) < 4.78 is 0. The molecule has 0 bridgehead atoms. The molecule has 2 rings (SSSR count). The Morgan fingerprint density at radius 2 is 1.54 bits per heavy atom. The molecule has 0 aromatic heterocycles. The summed E-state index contributed by atoms with van der Waals surface area (Å²) in [6.45, 7) is 7.49. The van der Waals surface area contributed by atoms with Crippen LogP contribution in [0.4, 0.5) is 0 Å². The Morgan fingerprint density at radius 1 is 0.808 bits per heavy atom. The maximum Gasteiger partial charge on any atom is 0.160 e. The second kappa shape index (κ2) is 10.1. The van der Waals surface area contributed by atoms with Crippen molar-refractivity contribution in [3.05, 3.63) is 53.1 Å². The highest BCUT2D eigenvalue weighted by Gasteiger charge is 2.14. The van der Waals surface area contributed by atoms with Gasteiger partial charge in [-0.2, -0.15) is 0 Å². The quantitative estimate of drug-likeness (QED) is 0.556. The zero-order valence-electron chi connectivity index (χ0n) is 15.9. The van der Waals surface area contributed by atoms with Crippen LogP contribution in [0.1, 0.15) is 43.4 Å². The molecule has 26 heavy (non-hydrogen) atoms. The molecule has 4 nitrogen and oxygen atoms in total. The SMILES string of the molecule is CCCN(CCC)CCc1ccc(O)c(O)c1CCc1cccc(O)c1.